The van der Waals surface area contributed by atoms with Gasteiger partial charge < -0.3 is 24.8 Å². The molecule has 1 heterocycles. The zero-order valence-corrected chi connectivity index (χ0v) is 32.1. The van der Waals surface area contributed by atoms with Crippen LogP contribution in [0.25, 0.3) is 34.4 Å². The fourth-order valence-corrected chi connectivity index (χ4v) is 27.5. The van der Waals surface area contributed by atoms with E-state index in [0.717, 1.165) is 12.8 Å². The van der Waals surface area contributed by atoms with Crippen LogP contribution >= 0.6 is 0 Å². The van der Waals surface area contributed by atoms with E-state index >= 15 is 0 Å². The van der Waals surface area contributed by atoms with Crippen molar-refractivity contribution < 1.29 is 45.1 Å². The number of aryl methyl sites for hydroxylation is 6. The first-order valence-corrected chi connectivity index (χ1v) is 22.8. The van der Waals surface area contributed by atoms with Crippen molar-refractivity contribution in [1.82, 2.24) is 0 Å². The van der Waals surface area contributed by atoms with Crippen LogP contribution in [0.1, 0.15) is 89.6 Å². The van der Waals surface area contributed by atoms with Gasteiger partial charge in [-0.05, 0) is 0 Å². The Kier molecular flexibility index (Phi) is 9.71. The van der Waals surface area contributed by atoms with Crippen molar-refractivity contribution in [2.24, 2.45) is 0 Å². The molecule has 0 saturated carbocycles. The Morgan fingerprint density at radius 2 is 0.956 bits per heavy atom. The fraction of sp³-hybridized carbons (Fsp3) is 0.333. The Labute approximate surface area is 288 Å². The van der Waals surface area contributed by atoms with E-state index in [4.69, 9.17) is 0 Å². The van der Waals surface area contributed by atoms with E-state index in [2.05, 4.69) is 128 Å². The van der Waals surface area contributed by atoms with Gasteiger partial charge in [-0.2, -0.15) is 0 Å². The molecule has 0 spiro atoms. The van der Waals surface area contributed by atoms with Crippen LogP contribution in [0.3, 0.4) is 0 Å². The van der Waals surface area contributed by atoms with Gasteiger partial charge in [-0.3, -0.25) is 0 Å². The summed E-state index contributed by atoms with van der Waals surface area (Å²) < 4.78 is 4.40. The first kappa shape index (κ1) is 34.2. The molecule has 3 heteroatoms. The van der Waals surface area contributed by atoms with Crippen molar-refractivity contribution in [3.63, 3.8) is 0 Å². The number of hydrogen-bond donors (Lipinski definition) is 0. The Balaban J connectivity index is 0.00000200. The summed E-state index contributed by atoms with van der Waals surface area (Å²) in [6, 6.07) is 23.4. The van der Waals surface area contributed by atoms with Gasteiger partial charge in [-0.15, -0.1) is 0 Å². The summed E-state index contributed by atoms with van der Waals surface area (Å²) in [6.45, 7) is 18.8. The topological polar surface area (TPSA) is 0 Å². The molecule has 2 unspecified atom stereocenters. The Hall–Kier alpha value is -2.18. The van der Waals surface area contributed by atoms with Crippen molar-refractivity contribution in [3.05, 3.63) is 127 Å². The molecule has 7 rings (SSSR count). The fourth-order valence-electron chi connectivity index (χ4n) is 9.22. The first-order chi connectivity index (χ1) is 20.7. The smallest absolute Gasteiger partial charge is 1.00 e. The van der Waals surface area contributed by atoms with Gasteiger partial charge in [-0.25, -0.2) is 0 Å². The molecule has 0 amide bonds. The van der Waals surface area contributed by atoms with Gasteiger partial charge in [0.05, 0.1) is 0 Å². The number of fused-ring (bicyclic) bond motifs is 2. The molecule has 1 fully saturated rings. The maximum absolute atomic E-state index is 2.79. The zero-order valence-electron chi connectivity index (χ0n) is 28.2. The molecule has 45 heavy (non-hydrogen) atoms. The van der Waals surface area contributed by atoms with Crippen molar-refractivity contribution in [2.75, 3.05) is 0 Å². The summed E-state index contributed by atoms with van der Waals surface area (Å²) in [6.07, 6.45) is 7.66. The summed E-state index contributed by atoms with van der Waals surface area (Å²) in [7, 11) is 0. The predicted octanol–water partition coefficient (Wildman–Crippen LogP) is 6.28. The molecule has 0 radical (unpaired) electrons. The molecular weight excluding hydrogens is 667 g/mol. The molecule has 1 saturated heterocycles. The van der Waals surface area contributed by atoms with Gasteiger partial charge in [0.15, 0.2) is 0 Å². The van der Waals surface area contributed by atoms with Gasteiger partial charge >= 0.3 is 266 Å². The molecule has 2 atom stereocenters. The standard InChI is InChI=1S/2C20H21.C2H4.2ClH.Zr/c2*1-5-16-11-18-14(3)10-15(4)20(19(18)12-16)17-8-6-7-13(2)9-17;1-2;;;/h2*6-12H,5H2,1-4H3;1-2H2;2*1H;/q;;;;;+2/p-2. The van der Waals surface area contributed by atoms with E-state index in [1.165, 1.54) is 63.9 Å². The SMILES string of the molecule is CCC1=Cc2c(-c3cccc(C)c3)c(C)cc(C)c2[CH]1[Zr+2]1([CH]2C(CC)=Cc3c(-c4cccc(C)c4)c(C)cc(C)c32)[CH2][CH2]1.[Cl-].[Cl-]. The second-order valence-corrected chi connectivity index (χ2v) is 25.3. The first-order valence-electron chi connectivity index (χ1n) is 16.5. The normalized spacial score (nSPS) is 18.0. The van der Waals surface area contributed by atoms with Gasteiger partial charge in [0, 0.05) is 0 Å². The zero-order chi connectivity index (χ0) is 30.2. The van der Waals surface area contributed by atoms with Crippen LogP contribution in [0.5, 0.6) is 0 Å². The second kappa shape index (κ2) is 12.8. The van der Waals surface area contributed by atoms with Gasteiger partial charge in [-0.1, -0.05) is 0 Å². The molecule has 0 aromatic heterocycles. The Morgan fingerprint density at radius 1 is 0.556 bits per heavy atom. The number of benzene rings is 4. The third-order valence-corrected chi connectivity index (χ3v) is 24.0. The average Bonchev–Trinajstić information content (AvgIpc) is 3.50. The minimum atomic E-state index is -2.79. The van der Waals surface area contributed by atoms with Crippen LogP contribution in [0.15, 0.2) is 71.8 Å². The van der Waals surface area contributed by atoms with Crippen LogP contribution in [0.4, 0.5) is 0 Å². The maximum Gasteiger partial charge on any atom is -1.00 e. The summed E-state index contributed by atoms with van der Waals surface area (Å²) in [5.41, 5.74) is 24.3. The number of hydrogen-bond acceptors (Lipinski definition) is 0. The minimum Gasteiger partial charge on any atom is -1.00 e. The van der Waals surface area contributed by atoms with E-state index < -0.39 is 20.3 Å². The molecule has 0 nitrogen and oxygen atoms in total. The molecule has 0 N–H and O–H groups in total. The molecule has 1 aliphatic heterocycles. The van der Waals surface area contributed by atoms with Crippen LogP contribution in [-0.2, 0) is 20.3 Å². The monoisotopic (exact) mass is 710 g/mol. The average molecular weight is 713 g/mol. The Bertz CT molecular complexity index is 1740. The molecule has 4 aromatic carbocycles. The number of allylic oxidation sites excluding steroid dienone is 2. The largest absolute Gasteiger partial charge is 1.00 e. The molecule has 0 bridgehead atoms. The van der Waals surface area contributed by atoms with E-state index in [1.54, 1.807) is 33.4 Å². The number of rotatable bonds is 6. The quantitative estimate of drug-likeness (QED) is 0.221. The van der Waals surface area contributed by atoms with Crippen molar-refractivity contribution in [2.45, 2.75) is 83.7 Å². The van der Waals surface area contributed by atoms with Crippen LogP contribution in [0, 0.1) is 41.5 Å². The van der Waals surface area contributed by atoms with Gasteiger partial charge in [0.25, 0.3) is 0 Å². The number of halogens is 2. The van der Waals surface area contributed by atoms with E-state index in [9.17, 15) is 0 Å². The van der Waals surface area contributed by atoms with E-state index in [0.29, 0.717) is 7.25 Å². The van der Waals surface area contributed by atoms with Crippen molar-refractivity contribution >= 4 is 12.2 Å². The second-order valence-electron chi connectivity index (χ2n) is 13.9. The molecule has 3 aliphatic rings. The van der Waals surface area contributed by atoms with Crippen molar-refractivity contribution in [1.29, 1.82) is 0 Å². The van der Waals surface area contributed by atoms with E-state index in [-0.39, 0.29) is 24.8 Å². The summed E-state index contributed by atoms with van der Waals surface area (Å²) in [5.74, 6) is 0. The van der Waals surface area contributed by atoms with E-state index in [1.807, 2.05) is 0 Å². The van der Waals surface area contributed by atoms with Crippen LogP contribution in [0.2, 0.25) is 8.26 Å². The predicted molar refractivity (Wildman–Crippen MR) is 184 cm³/mol. The molecule has 2 aliphatic carbocycles. The third-order valence-electron chi connectivity index (χ3n) is 11.0. The summed E-state index contributed by atoms with van der Waals surface area (Å²) in [4.78, 5) is 0. The summed E-state index contributed by atoms with van der Waals surface area (Å²) in [5, 5.41) is 0. The maximum atomic E-state index is 2.67. The molecule has 4 aromatic rings. The van der Waals surface area contributed by atoms with Crippen LogP contribution < -0.4 is 24.8 Å². The van der Waals surface area contributed by atoms with Gasteiger partial charge in [0.1, 0.15) is 0 Å². The summed E-state index contributed by atoms with van der Waals surface area (Å²) >= 11 is -2.79. The third kappa shape index (κ3) is 5.40. The minimum absolute atomic E-state index is 0. The molecule has 232 valence electrons. The Morgan fingerprint density at radius 3 is 1.29 bits per heavy atom. The van der Waals surface area contributed by atoms with Crippen LogP contribution in [-0.4, -0.2) is 0 Å². The van der Waals surface area contributed by atoms with Gasteiger partial charge in [0.2, 0.25) is 0 Å². The molecular formula is C42H46Cl2Zr. The van der Waals surface area contributed by atoms with Crippen molar-refractivity contribution in [3.8, 4) is 22.3 Å².